The van der Waals surface area contributed by atoms with Crippen LogP contribution in [0.25, 0.3) is 0 Å². The fourth-order valence-corrected chi connectivity index (χ4v) is 3.79. The number of fused-ring (bicyclic) bond motifs is 1. The van der Waals surface area contributed by atoms with Gasteiger partial charge in [0.25, 0.3) is 0 Å². The summed E-state index contributed by atoms with van der Waals surface area (Å²) in [7, 11) is 1.85. The largest absolute Gasteiger partial charge is 0.349 e. The third kappa shape index (κ3) is 4.78. The monoisotopic (exact) mass is 481 g/mol. The van der Waals surface area contributed by atoms with Crippen LogP contribution in [0.4, 0.5) is 0 Å². The fourth-order valence-electron chi connectivity index (χ4n) is 3.79. The molecule has 0 amide bonds. The van der Waals surface area contributed by atoms with E-state index >= 15 is 0 Å². The molecule has 1 aromatic carbocycles. The van der Waals surface area contributed by atoms with Crippen molar-refractivity contribution in [2.45, 2.75) is 32.5 Å². The topological polar surface area (TPSA) is 61.6 Å². The Kier molecular flexibility index (Phi) is 7.06. The van der Waals surface area contributed by atoms with Crippen molar-refractivity contribution in [3.05, 3.63) is 47.5 Å². The molecule has 0 saturated carbocycles. The van der Waals surface area contributed by atoms with E-state index in [2.05, 4.69) is 65.2 Å². The maximum absolute atomic E-state index is 4.47. The van der Waals surface area contributed by atoms with Gasteiger partial charge in [-0.05, 0) is 12.0 Å². The Morgan fingerprint density at radius 1 is 1.07 bits per heavy atom. The minimum atomic E-state index is 0. The molecular weight excluding hydrogens is 453 g/mol. The van der Waals surface area contributed by atoms with Crippen molar-refractivity contribution in [1.82, 2.24) is 29.9 Å². The van der Waals surface area contributed by atoms with Crippen molar-refractivity contribution in [2.75, 3.05) is 33.2 Å². The van der Waals surface area contributed by atoms with Crippen LogP contribution in [-0.2, 0) is 26.1 Å². The summed E-state index contributed by atoms with van der Waals surface area (Å²) in [4.78, 5) is 9.31. The second kappa shape index (κ2) is 9.50. The van der Waals surface area contributed by atoms with Gasteiger partial charge in [-0.2, -0.15) is 0 Å². The van der Waals surface area contributed by atoms with Gasteiger partial charge < -0.3 is 14.8 Å². The Morgan fingerprint density at radius 2 is 1.85 bits per heavy atom. The van der Waals surface area contributed by atoms with E-state index in [9.17, 15) is 0 Å². The minimum Gasteiger partial charge on any atom is -0.349 e. The third-order valence-electron chi connectivity index (χ3n) is 5.22. The molecule has 2 aromatic rings. The van der Waals surface area contributed by atoms with Crippen molar-refractivity contribution >= 4 is 29.9 Å². The molecule has 1 saturated heterocycles. The molecule has 2 aliphatic rings. The highest BCUT2D eigenvalue weighted by molar-refractivity contribution is 14.0. The Bertz CT molecular complexity index is 751. The predicted molar refractivity (Wildman–Crippen MR) is 117 cm³/mol. The van der Waals surface area contributed by atoms with Crippen LogP contribution in [-0.4, -0.2) is 63.8 Å². The van der Waals surface area contributed by atoms with Crippen LogP contribution in [0.5, 0.6) is 0 Å². The number of hydrogen-bond acceptors (Lipinski definition) is 4. The maximum Gasteiger partial charge on any atom is 0.194 e. The van der Waals surface area contributed by atoms with Gasteiger partial charge in [-0.1, -0.05) is 30.3 Å². The lowest BCUT2D eigenvalue weighted by Crippen LogP contribution is -2.52. The van der Waals surface area contributed by atoms with Gasteiger partial charge in [-0.25, -0.2) is 0 Å². The van der Waals surface area contributed by atoms with Crippen LogP contribution in [0, 0.1) is 0 Å². The molecule has 3 heterocycles. The minimum absolute atomic E-state index is 0. The summed E-state index contributed by atoms with van der Waals surface area (Å²) < 4.78 is 2.23. The Hall–Kier alpha value is -1.68. The van der Waals surface area contributed by atoms with Crippen LogP contribution in [0.15, 0.2) is 35.3 Å². The summed E-state index contributed by atoms with van der Waals surface area (Å²) in [6.07, 6.45) is 2.22. The molecule has 0 aliphatic carbocycles. The molecule has 0 bridgehead atoms. The quantitative estimate of drug-likeness (QED) is 0.410. The van der Waals surface area contributed by atoms with Gasteiger partial charge >= 0.3 is 0 Å². The van der Waals surface area contributed by atoms with Crippen LogP contribution >= 0.6 is 24.0 Å². The standard InChI is InChI=1S/C19H27N7.HI/c1-20-19(21-14-18-23-22-17-8-5-9-26(17)18)25-12-10-24(11-13-25)15-16-6-3-2-4-7-16;/h2-4,6-7H,5,8-15H2,1H3,(H,20,21);1H. The summed E-state index contributed by atoms with van der Waals surface area (Å²) in [5, 5.41) is 12.1. The molecule has 27 heavy (non-hydrogen) atoms. The first kappa shape index (κ1) is 20.1. The average molecular weight is 481 g/mol. The summed E-state index contributed by atoms with van der Waals surface area (Å²) >= 11 is 0. The van der Waals surface area contributed by atoms with Crippen LogP contribution in [0.1, 0.15) is 23.6 Å². The zero-order valence-electron chi connectivity index (χ0n) is 15.8. The van der Waals surface area contributed by atoms with Crippen LogP contribution in [0.2, 0.25) is 0 Å². The van der Waals surface area contributed by atoms with Crippen LogP contribution in [0.3, 0.4) is 0 Å². The van der Waals surface area contributed by atoms with E-state index < -0.39 is 0 Å². The lowest BCUT2D eigenvalue weighted by Gasteiger charge is -2.36. The van der Waals surface area contributed by atoms with Gasteiger partial charge in [-0.3, -0.25) is 9.89 Å². The summed E-state index contributed by atoms with van der Waals surface area (Å²) in [5.41, 5.74) is 1.38. The zero-order valence-corrected chi connectivity index (χ0v) is 18.2. The molecule has 7 nitrogen and oxygen atoms in total. The molecule has 8 heteroatoms. The first-order valence-corrected chi connectivity index (χ1v) is 9.46. The molecular formula is C19H28IN7. The normalized spacial score (nSPS) is 17.5. The lowest BCUT2D eigenvalue weighted by molar-refractivity contribution is 0.172. The van der Waals surface area contributed by atoms with Crippen molar-refractivity contribution in [3.8, 4) is 0 Å². The highest BCUT2D eigenvalue weighted by Crippen LogP contribution is 2.14. The summed E-state index contributed by atoms with van der Waals surface area (Å²) in [6.45, 7) is 6.83. The number of halogens is 1. The van der Waals surface area contributed by atoms with Gasteiger partial charge in [0.2, 0.25) is 0 Å². The van der Waals surface area contributed by atoms with Gasteiger partial charge in [0.1, 0.15) is 5.82 Å². The van der Waals surface area contributed by atoms with Crippen molar-refractivity contribution in [2.24, 2.45) is 4.99 Å². The van der Waals surface area contributed by atoms with Crippen molar-refractivity contribution < 1.29 is 0 Å². The first-order chi connectivity index (χ1) is 12.8. The van der Waals surface area contributed by atoms with Gasteiger partial charge in [0.15, 0.2) is 11.8 Å². The molecule has 4 rings (SSSR count). The van der Waals surface area contributed by atoms with Crippen molar-refractivity contribution in [3.63, 3.8) is 0 Å². The van der Waals surface area contributed by atoms with Crippen molar-refractivity contribution in [1.29, 1.82) is 0 Å². The molecule has 0 unspecified atom stereocenters. The molecule has 0 atom stereocenters. The van der Waals surface area contributed by atoms with Gasteiger partial charge in [0.05, 0.1) is 6.54 Å². The second-order valence-corrected chi connectivity index (χ2v) is 6.94. The lowest BCUT2D eigenvalue weighted by atomic mass is 10.2. The number of rotatable bonds is 4. The number of guanidine groups is 1. The number of aryl methyl sites for hydroxylation is 1. The van der Waals surface area contributed by atoms with Gasteiger partial charge in [-0.15, -0.1) is 34.2 Å². The SMILES string of the molecule is CN=C(NCc1nnc2n1CCC2)N1CCN(Cc2ccccc2)CC1.I. The summed E-state index contributed by atoms with van der Waals surface area (Å²) in [6, 6.07) is 10.7. The van der Waals surface area contributed by atoms with Crippen LogP contribution < -0.4 is 5.32 Å². The highest BCUT2D eigenvalue weighted by atomic mass is 127. The molecule has 2 aliphatic heterocycles. The highest BCUT2D eigenvalue weighted by Gasteiger charge is 2.21. The number of piperazine rings is 1. The number of aliphatic imine (C=N–C) groups is 1. The second-order valence-electron chi connectivity index (χ2n) is 6.94. The van der Waals surface area contributed by atoms with E-state index in [1.807, 2.05) is 7.05 Å². The van der Waals surface area contributed by atoms with E-state index in [1.54, 1.807) is 0 Å². The Labute approximate surface area is 177 Å². The number of benzene rings is 1. The molecule has 0 radical (unpaired) electrons. The molecule has 1 fully saturated rings. The predicted octanol–water partition coefficient (Wildman–Crippen LogP) is 1.74. The number of nitrogens with one attached hydrogen (secondary N) is 1. The number of hydrogen-bond donors (Lipinski definition) is 1. The molecule has 1 N–H and O–H groups in total. The number of aromatic nitrogens is 3. The third-order valence-corrected chi connectivity index (χ3v) is 5.22. The van der Waals surface area contributed by atoms with Gasteiger partial charge in [0, 0.05) is 52.7 Å². The first-order valence-electron chi connectivity index (χ1n) is 9.46. The Morgan fingerprint density at radius 3 is 2.59 bits per heavy atom. The molecule has 1 aromatic heterocycles. The van der Waals surface area contributed by atoms with E-state index in [0.29, 0.717) is 6.54 Å². The smallest absolute Gasteiger partial charge is 0.194 e. The maximum atomic E-state index is 4.47. The molecule has 146 valence electrons. The fraction of sp³-hybridized carbons (Fsp3) is 0.526. The van der Waals surface area contributed by atoms with E-state index in [1.165, 1.54) is 12.0 Å². The molecule has 0 spiro atoms. The average Bonchev–Trinajstić information content (AvgIpc) is 3.29. The van der Waals surface area contributed by atoms with E-state index in [0.717, 1.165) is 63.3 Å². The van der Waals surface area contributed by atoms with E-state index in [-0.39, 0.29) is 24.0 Å². The number of nitrogens with zero attached hydrogens (tertiary/aromatic N) is 6. The zero-order chi connectivity index (χ0) is 17.8. The Balaban J connectivity index is 0.00000210. The summed E-state index contributed by atoms with van der Waals surface area (Å²) in [5.74, 6) is 3.09. The van der Waals surface area contributed by atoms with E-state index in [4.69, 9.17) is 0 Å².